The average molecular weight is 296 g/mol. The standard InChI is InChI=1S/C8H8F2.C8H9F.C2H6/c1-5-3-7(9)6(2)8(10)4-5;1-6-3-4-7(2)8(9)5-6;1-2/h3-4H,1-2H3;3-5H,1-2H3;1-2H3. The second kappa shape index (κ2) is 9.22. The van der Waals surface area contributed by atoms with Crippen molar-refractivity contribution in [2.75, 3.05) is 0 Å². The Morgan fingerprint density at radius 3 is 1.43 bits per heavy atom. The van der Waals surface area contributed by atoms with Gasteiger partial charge in [0.25, 0.3) is 0 Å². The average Bonchev–Trinajstić information content (AvgIpc) is 2.43. The smallest absolute Gasteiger partial charge is 0.129 e. The first-order chi connectivity index (χ1) is 9.81. The number of hydrogen-bond donors (Lipinski definition) is 0. The summed E-state index contributed by atoms with van der Waals surface area (Å²) in [6, 6.07) is 7.86. The number of aryl methyl sites for hydroxylation is 3. The van der Waals surface area contributed by atoms with Gasteiger partial charge in [-0.25, -0.2) is 13.2 Å². The molecule has 0 radical (unpaired) electrons. The van der Waals surface area contributed by atoms with Crippen LogP contribution in [0.1, 0.15) is 36.1 Å². The quantitative estimate of drug-likeness (QED) is 0.555. The summed E-state index contributed by atoms with van der Waals surface area (Å²) in [5.74, 6) is -1.06. The lowest BCUT2D eigenvalue weighted by Gasteiger charge is -1.98. The van der Waals surface area contributed by atoms with E-state index in [2.05, 4.69) is 0 Å². The molecule has 0 nitrogen and oxygen atoms in total. The molecule has 0 aliphatic heterocycles. The van der Waals surface area contributed by atoms with Crippen molar-refractivity contribution in [3.63, 3.8) is 0 Å². The van der Waals surface area contributed by atoms with Crippen LogP contribution in [0, 0.1) is 45.1 Å². The first-order valence-electron chi connectivity index (χ1n) is 6.96. The summed E-state index contributed by atoms with van der Waals surface area (Å²) in [5, 5.41) is 0. The molecule has 0 saturated carbocycles. The predicted molar refractivity (Wildman–Crippen MR) is 83.1 cm³/mol. The Balaban J connectivity index is 0.000000342. The minimum atomic E-state index is -0.475. The Morgan fingerprint density at radius 1 is 0.619 bits per heavy atom. The van der Waals surface area contributed by atoms with Crippen molar-refractivity contribution in [3.8, 4) is 0 Å². The molecule has 0 saturated heterocycles. The van der Waals surface area contributed by atoms with E-state index in [-0.39, 0.29) is 11.4 Å². The highest BCUT2D eigenvalue weighted by Crippen LogP contribution is 2.12. The third-order valence-electron chi connectivity index (χ3n) is 2.75. The highest BCUT2D eigenvalue weighted by Gasteiger charge is 2.02. The molecule has 2 aromatic rings. The van der Waals surface area contributed by atoms with Crippen LogP contribution in [0.25, 0.3) is 0 Å². The summed E-state index contributed by atoms with van der Waals surface area (Å²) in [6.45, 7) is 10.7. The van der Waals surface area contributed by atoms with Crippen LogP contribution < -0.4 is 0 Å². The van der Waals surface area contributed by atoms with E-state index < -0.39 is 11.6 Å². The van der Waals surface area contributed by atoms with E-state index in [1.807, 2.05) is 26.8 Å². The molecule has 0 aliphatic rings. The summed E-state index contributed by atoms with van der Waals surface area (Å²) in [4.78, 5) is 0. The Hall–Kier alpha value is -1.77. The third kappa shape index (κ3) is 6.48. The summed E-state index contributed by atoms with van der Waals surface area (Å²) in [7, 11) is 0. The second-order valence-corrected chi connectivity index (χ2v) is 4.61. The lowest BCUT2D eigenvalue weighted by atomic mass is 10.1. The van der Waals surface area contributed by atoms with Gasteiger partial charge in [0, 0.05) is 5.56 Å². The molecule has 3 heteroatoms. The molecule has 0 spiro atoms. The molecule has 0 atom stereocenters. The summed E-state index contributed by atoms with van der Waals surface area (Å²) >= 11 is 0. The molecule has 2 rings (SSSR count). The van der Waals surface area contributed by atoms with Crippen LogP contribution in [0.5, 0.6) is 0 Å². The largest absolute Gasteiger partial charge is 0.207 e. The maximum Gasteiger partial charge on any atom is 0.129 e. The first-order valence-corrected chi connectivity index (χ1v) is 6.96. The summed E-state index contributed by atoms with van der Waals surface area (Å²) in [6.07, 6.45) is 0. The van der Waals surface area contributed by atoms with Gasteiger partial charge in [-0.15, -0.1) is 0 Å². The zero-order valence-corrected chi connectivity index (χ0v) is 13.5. The van der Waals surface area contributed by atoms with Gasteiger partial charge in [-0.3, -0.25) is 0 Å². The fourth-order valence-electron chi connectivity index (χ4n) is 1.47. The van der Waals surface area contributed by atoms with Crippen LogP contribution in [0.15, 0.2) is 30.3 Å². The van der Waals surface area contributed by atoms with Crippen LogP contribution in [-0.4, -0.2) is 0 Å². The van der Waals surface area contributed by atoms with Gasteiger partial charge < -0.3 is 0 Å². The van der Waals surface area contributed by atoms with Crippen LogP contribution in [0.2, 0.25) is 0 Å². The van der Waals surface area contributed by atoms with Crippen molar-refractivity contribution < 1.29 is 13.2 Å². The maximum atomic E-state index is 12.6. The van der Waals surface area contributed by atoms with Crippen molar-refractivity contribution in [2.45, 2.75) is 41.5 Å². The molecular formula is C18H23F3. The molecule has 0 bridgehead atoms. The number of halogens is 3. The summed E-state index contributed by atoms with van der Waals surface area (Å²) in [5.41, 5.74) is 2.38. The highest BCUT2D eigenvalue weighted by atomic mass is 19.1. The SMILES string of the molecule is CC.Cc1cc(F)c(C)c(F)c1.Cc1ccc(C)c(F)c1. The molecule has 0 unspecified atom stereocenters. The van der Waals surface area contributed by atoms with Crippen LogP contribution >= 0.6 is 0 Å². The van der Waals surface area contributed by atoms with Crippen LogP contribution in [-0.2, 0) is 0 Å². The molecule has 0 aromatic heterocycles. The van der Waals surface area contributed by atoms with Gasteiger partial charge >= 0.3 is 0 Å². The minimum Gasteiger partial charge on any atom is -0.207 e. The zero-order valence-electron chi connectivity index (χ0n) is 13.5. The molecule has 21 heavy (non-hydrogen) atoms. The van der Waals surface area contributed by atoms with Crippen LogP contribution in [0.3, 0.4) is 0 Å². The van der Waals surface area contributed by atoms with Crippen LogP contribution in [0.4, 0.5) is 13.2 Å². The van der Waals surface area contributed by atoms with Gasteiger partial charge in [-0.05, 0) is 62.6 Å². The Kier molecular flexibility index (Phi) is 8.44. The molecule has 0 fully saturated rings. The molecular weight excluding hydrogens is 273 g/mol. The van der Waals surface area contributed by atoms with E-state index in [0.29, 0.717) is 11.1 Å². The summed E-state index contributed by atoms with van der Waals surface area (Å²) < 4.78 is 37.8. The first kappa shape index (κ1) is 19.2. The van der Waals surface area contributed by atoms with E-state index in [1.54, 1.807) is 19.9 Å². The van der Waals surface area contributed by atoms with Gasteiger partial charge in [0.15, 0.2) is 0 Å². The molecule has 0 heterocycles. The highest BCUT2D eigenvalue weighted by molar-refractivity contribution is 5.24. The molecule has 0 N–H and O–H groups in total. The van der Waals surface area contributed by atoms with Gasteiger partial charge in [-0.1, -0.05) is 26.0 Å². The molecule has 0 amide bonds. The van der Waals surface area contributed by atoms with Crippen molar-refractivity contribution in [3.05, 3.63) is 70.0 Å². The van der Waals surface area contributed by atoms with Gasteiger partial charge in [-0.2, -0.15) is 0 Å². The Bertz CT molecular complexity index is 552. The van der Waals surface area contributed by atoms with E-state index in [0.717, 1.165) is 5.56 Å². The van der Waals surface area contributed by atoms with Crippen molar-refractivity contribution >= 4 is 0 Å². The van der Waals surface area contributed by atoms with Crippen molar-refractivity contribution in [2.24, 2.45) is 0 Å². The minimum absolute atomic E-state index is 0.0885. The van der Waals surface area contributed by atoms with E-state index in [9.17, 15) is 13.2 Å². The number of rotatable bonds is 0. The van der Waals surface area contributed by atoms with E-state index in [1.165, 1.54) is 25.1 Å². The number of hydrogen-bond acceptors (Lipinski definition) is 0. The lowest BCUT2D eigenvalue weighted by molar-refractivity contribution is 0.566. The number of benzene rings is 2. The van der Waals surface area contributed by atoms with Gasteiger partial charge in [0.05, 0.1) is 0 Å². The molecule has 0 aliphatic carbocycles. The fourth-order valence-corrected chi connectivity index (χ4v) is 1.47. The topological polar surface area (TPSA) is 0 Å². The van der Waals surface area contributed by atoms with Crippen molar-refractivity contribution in [1.82, 2.24) is 0 Å². The Labute approximate surface area is 125 Å². The maximum absolute atomic E-state index is 12.6. The second-order valence-electron chi connectivity index (χ2n) is 4.61. The lowest BCUT2D eigenvalue weighted by Crippen LogP contribution is -1.88. The van der Waals surface area contributed by atoms with Gasteiger partial charge in [0.1, 0.15) is 17.5 Å². The van der Waals surface area contributed by atoms with Gasteiger partial charge in [0.2, 0.25) is 0 Å². The third-order valence-corrected chi connectivity index (χ3v) is 2.75. The van der Waals surface area contributed by atoms with E-state index >= 15 is 0 Å². The zero-order chi connectivity index (χ0) is 16.6. The fraction of sp³-hybridized carbons (Fsp3) is 0.333. The normalized spacial score (nSPS) is 9.19. The Morgan fingerprint density at radius 2 is 1.05 bits per heavy atom. The molecule has 116 valence electrons. The van der Waals surface area contributed by atoms with E-state index in [4.69, 9.17) is 0 Å². The molecule has 2 aromatic carbocycles. The predicted octanol–water partition coefficient (Wildman–Crippen LogP) is 6.05. The van der Waals surface area contributed by atoms with Crippen molar-refractivity contribution in [1.29, 1.82) is 0 Å². The monoisotopic (exact) mass is 296 g/mol.